The van der Waals surface area contributed by atoms with Gasteiger partial charge in [0.05, 0.1) is 11.5 Å². The first-order valence-corrected chi connectivity index (χ1v) is 9.39. The van der Waals surface area contributed by atoms with Crippen LogP contribution >= 0.6 is 0 Å². The van der Waals surface area contributed by atoms with Gasteiger partial charge in [-0.05, 0) is 38.4 Å². The van der Waals surface area contributed by atoms with E-state index in [-0.39, 0.29) is 17.5 Å². The van der Waals surface area contributed by atoms with Crippen LogP contribution in [0.25, 0.3) is 0 Å². The van der Waals surface area contributed by atoms with Gasteiger partial charge < -0.3 is 10.2 Å². The number of rotatable bonds is 5. The van der Waals surface area contributed by atoms with Crippen LogP contribution in [-0.4, -0.2) is 44.0 Å². The third-order valence-electron chi connectivity index (χ3n) is 3.89. The SMILES string of the molecule is CCCNCc1ccc(N2CCS(=O)(=O)CC2C)nc1C. The molecule has 118 valence electrons. The van der Waals surface area contributed by atoms with Gasteiger partial charge in [-0.3, -0.25) is 0 Å². The normalized spacial score (nSPS) is 21.5. The van der Waals surface area contributed by atoms with Crippen molar-refractivity contribution in [3.63, 3.8) is 0 Å². The summed E-state index contributed by atoms with van der Waals surface area (Å²) in [4.78, 5) is 6.76. The summed E-state index contributed by atoms with van der Waals surface area (Å²) in [5, 5.41) is 3.38. The molecule has 0 amide bonds. The number of anilines is 1. The second-order valence-electron chi connectivity index (χ2n) is 5.75. The van der Waals surface area contributed by atoms with Gasteiger partial charge in [-0.2, -0.15) is 0 Å². The van der Waals surface area contributed by atoms with Crippen molar-refractivity contribution in [2.45, 2.75) is 39.8 Å². The van der Waals surface area contributed by atoms with Crippen molar-refractivity contribution >= 4 is 15.7 Å². The lowest BCUT2D eigenvalue weighted by atomic mass is 10.2. The van der Waals surface area contributed by atoms with Crippen molar-refractivity contribution in [3.8, 4) is 0 Å². The van der Waals surface area contributed by atoms with Gasteiger partial charge in [-0.15, -0.1) is 0 Å². The number of sulfone groups is 1. The van der Waals surface area contributed by atoms with Crippen molar-refractivity contribution in [3.05, 3.63) is 23.4 Å². The number of hydrogen-bond acceptors (Lipinski definition) is 5. The molecule has 1 atom stereocenters. The minimum Gasteiger partial charge on any atom is -0.352 e. The molecule has 2 rings (SSSR count). The molecule has 21 heavy (non-hydrogen) atoms. The molecule has 0 saturated carbocycles. The van der Waals surface area contributed by atoms with E-state index in [1.54, 1.807) is 0 Å². The summed E-state index contributed by atoms with van der Waals surface area (Å²) in [6, 6.07) is 4.08. The number of pyridine rings is 1. The zero-order valence-corrected chi connectivity index (χ0v) is 13.9. The third-order valence-corrected chi connectivity index (χ3v) is 5.68. The first kappa shape index (κ1) is 16.2. The molecule has 1 N–H and O–H groups in total. The van der Waals surface area contributed by atoms with Crippen LogP contribution in [0.3, 0.4) is 0 Å². The van der Waals surface area contributed by atoms with Crippen molar-refractivity contribution < 1.29 is 8.42 Å². The summed E-state index contributed by atoms with van der Waals surface area (Å²) >= 11 is 0. The Morgan fingerprint density at radius 1 is 1.43 bits per heavy atom. The Labute approximate surface area is 127 Å². The lowest BCUT2D eigenvalue weighted by Crippen LogP contribution is -2.47. The zero-order valence-electron chi connectivity index (χ0n) is 13.1. The monoisotopic (exact) mass is 311 g/mol. The highest BCUT2D eigenvalue weighted by molar-refractivity contribution is 7.91. The maximum Gasteiger partial charge on any atom is 0.154 e. The largest absolute Gasteiger partial charge is 0.352 e. The number of hydrogen-bond donors (Lipinski definition) is 1. The average Bonchev–Trinajstić information content (AvgIpc) is 2.40. The van der Waals surface area contributed by atoms with Crippen molar-refractivity contribution in [2.24, 2.45) is 0 Å². The van der Waals surface area contributed by atoms with Crippen LogP contribution in [0.4, 0.5) is 5.82 Å². The predicted octanol–water partition coefficient (Wildman–Crippen LogP) is 1.51. The van der Waals surface area contributed by atoms with Crippen LogP contribution in [0.5, 0.6) is 0 Å². The highest BCUT2D eigenvalue weighted by Gasteiger charge is 2.28. The molecule has 2 heterocycles. The highest BCUT2D eigenvalue weighted by Crippen LogP contribution is 2.21. The molecule has 0 radical (unpaired) electrons. The topological polar surface area (TPSA) is 62.3 Å². The fourth-order valence-corrected chi connectivity index (χ4v) is 4.22. The van der Waals surface area contributed by atoms with Crippen LogP contribution in [0.1, 0.15) is 31.5 Å². The van der Waals surface area contributed by atoms with E-state index < -0.39 is 9.84 Å². The fourth-order valence-electron chi connectivity index (χ4n) is 2.66. The van der Waals surface area contributed by atoms with Gasteiger partial charge in [0.2, 0.25) is 0 Å². The molecule has 1 unspecified atom stereocenters. The second kappa shape index (κ2) is 6.75. The Bertz CT molecular complexity index is 587. The number of nitrogens with zero attached hydrogens (tertiary/aromatic N) is 2. The van der Waals surface area contributed by atoms with E-state index in [1.807, 2.05) is 19.9 Å². The van der Waals surface area contributed by atoms with E-state index in [4.69, 9.17) is 0 Å². The summed E-state index contributed by atoms with van der Waals surface area (Å²) in [5.74, 6) is 1.32. The molecule has 0 aromatic carbocycles. The van der Waals surface area contributed by atoms with Crippen LogP contribution in [0, 0.1) is 6.92 Å². The highest BCUT2D eigenvalue weighted by atomic mass is 32.2. The Morgan fingerprint density at radius 3 is 2.81 bits per heavy atom. The smallest absolute Gasteiger partial charge is 0.154 e. The van der Waals surface area contributed by atoms with E-state index in [2.05, 4.69) is 28.2 Å². The molecule has 6 heteroatoms. The summed E-state index contributed by atoms with van der Waals surface area (Å²) in [7, 11) is -2.89. The predicted molar refractivity (Wildman–Crippen MR) is 86.4 cm³/mol. The Morgan fingerprint density at radius 2 is 2.19 bits per heavy atom. The van der Waals surface area contributed by atoms with Crippen molar-refractivity contribution in [1.29, 1.82) is 0 Å². The average molecular weight is 311 g/mol. The summed E-state index contributed by atoms with van der Waals surface area (Å²) < 4.78 is 23.3. The molecule has 0 spiro atoms. The first-order valence-electron chi connectivity index (χ1n) is 7.57. The van der Waals surface area contributed by atoms with Crippen LogP contribution in [0.15, 0.2) is 12.1 Å². The van der Waals surface area contributed by atoms with Crippen LogP contribution in [-0.2, 0) is 16.4 Å². The maximum absolute atomic E-state index is 11.7. The van der Waals surface area contributed by atoms with Crippen molar-refractivity contribution in [2.75, 3.05) is 29.5 Å². The molecule has 1 aromatic rings. The molecular formula is C15H25N3O2S. The van der Waals surface area contributed by atoms with Gasteiger partial charge in [0, 0.05) is 24.8 Å². The van der Waals surface area contributed by atoms with E-state index in [0.717, 1.165) is 31.0 Å². The molecule has 1 saturated heterocycles. The number of aromatic nitrogens is 1. The lowest BCUT2D eigenvalue weighted by molar-refractivity contribution is 0.566. The Balaban J connectivity index is 2.09. The minimum absolute atomic E-state index is 0.0142. The lowest BCUT2D eigenvalue weighted by Gasteiger charge is -2.34. The summed E-state index contributed by atoms with van der Waals surface area (Å²) in [5.41, 5.74) is 2.21. The zero-order chi connectivity index (χ0) is 15.5. The molecule has 0 bridgehead atoms. The van der Waals surface area contributed by atoms with Crippen molar-refractivity contribution in [1.82, 2.24) is 10.3 Å². The maximum atomic E-state index is 11.7. The molecule has 1 fully saturated rings. The third kappa shape index (κ3) is 4.17. The van der Waals surface area contributed by atoms with Gasteiger partial charge in [0.15, 0.2) is 9.84 Å². The number of nitrogens with one attached hydrogen (secondary N) is 1. The summed E-state index contributed by atoms with van der Waals surface area (Å²) in [6.45, 7) is 8.47. The van der Waals surface area contributed by atoms with Gasteiger partial charge in [-0.25, -0.2) is 13.4 Å². The molecule has 1 aromatic heterocycles. The van der Waals surface area contributed by atoms with E-state index in [0.29, 0.717) is 6.54 Å². The number of aryl methyl sites for hydroxylation is 1. The van der Waals surface area contributed by atoms with Crippen LogP contribution < -0.4 is 10.2 Å². The molecule has 1 aliphatic heterocycles. The molecule has 0 aliphatic carbocycles. The standard InChI is InChI=1S/C15H25N3O2S/c1-4-7-16-10-14-5-6-15(17-13(14)3)18-8-9-21(19,20)11-12(18)2/h5-6,12,16H,4,7-11H2,1-3H3. The quantitative estimate of drug-likeness (QED) is 0.835. The van der Waals surface area contributed by atoms with Gasteiger partial charge >= 0.3 is 0 Å². The minimum atomic E-state index is -2.89. The molecular weight excluding hydrogens is 286 g/mol. The summed E-state index contributed by atoms with van der Waals surface area (Å²) in [6.07, 6.45) is 1.12. The molecule has 1 aliphatic rings. The van der Waals surface area contributed by atoms with E-state index >= 15 is 0 Å². The van der Waals surface area contributed by atoms with Gasteiger partial charge in [0.1, 0.15) is 5.82 Å². The molecule has 5 nitrogen and oxygen atoms in total. The van der Waals surface area contributed by atoms with Crippen LogP contribution in [0.2, 0.25) is 0 Å². The second-order valence-corrected chi connectivity index (χ2v) is 7.98. The Hall–Kier alpha value is -1.14. The fraction of sp³-hybridized carbons (Fsp3) is 0.667. The van der Waals surface area contributed by atoms with E-state index in [9.17, 15) is 8.42 Å². The Kier molecular flexibility index (Phi) is 5.22. The first-order chi connectivity index (χ1) is 9.93. The van der Waals surface area contributed by atoms with Gasteiger partial charge in [0.25, 0.3) is 0 Å². The van der Waals surface area contributed by atoms with E-state index in [1.165, 1.54) is 5.56 Å². The van der Waals surface area contributed by atoms with Gasteiger partial charge in [-0.1, -0.05) is 13.0 Å².